The second-order valence-corrected chi connectivity index (χ2v) is 7.16. The van der Waals surface area contributed by atoms with Gasteiger partial charge in [-0.05, 0) is 62.3 Å². The summed E-state index contributed by atoms with van der Waals surface area (Å²) in [5.74, 6) is 0.685. The molecule has 0 amide bonds. The number of rotatable bonds is 4. The maximum Gasteiger partial charge on any atom is 0.0325 e. The average molecular weight is 261 g/mol. The molecule has 0 saturated carbocycles. The zero-order valence-corrected chi connectivity index (χ0v) is 14.0. The van der Waals surface area contributed by atoms with Gasteiger partial charge in [0.25, 0.3) is 0 Å². The topological polar surface area (TPSA) is 12.0 Å². The van der Waals surface area contributed by atoms with Gasteiger partial charge in [0.15, 0.2) is 0 Å². The number of hydrogen-bond donors (Lipinski definition) is 1. The van der Waals surface area contributed by atoms with E-state index >= 15 is 0 Å². The van der Waals surface area contributed by atoms with Crippen LogP contribution in [0.15, 0.2) is 12.1 Å². The van der Waals surface area contributed by atoms with Gasteiger partial charge in [0.1, 0.15) is 0 Å². The molecule has 0 aliphatic heterocycles. The minimum absolute atomic E-state index is 0.363. The molecule has 1 nitrogen and oxygen atoms in total. The van der Waals surface area contributed by atoms with E-state index in [2.05, 4.69) is 73.0 Å². The van der Waals surface area contributed by atoms with Gasteiger partial charge < -0.3 is 5.32 Å². The van der Waals surface area contributed by atoms with Gasteiger partial charge in [-0.15, -0.1) is 0 Å². The zero-order valence-electron chi connectivity index (χ0n) is 14.0. The third-order valence-electron chi connectivity index (χ3n) is 4.50. The molecular weight excluding hydrogens is 230 g/mol. The van der Waals surface area contributed by atoms with Crippen molar-refractivity contribution in [2.45, 2.75) is 60.9 Å². The van der Waals surface area contributed by atoms with E-state index in [0.29, 0.717) is 17.4 Å². The van der Waals surface area contributed by atoms with Crippen LogP contribution in [0.4, 0.5) is 0 Å². The molecule has 2 atom stereocenters. The van der Waals surface area contributed by atoms with E-state index in [9.17, 15) is 0 Å². The van der Waals surface area contributed by atoms with Crippen LogP contribution in [0.1, 0.15) is 62.4 Å². The Bertz CT molecular complexity index is 403. The van der Waals surface area contributed by atoms with Crippen molar-refractivity contribution >= 4 is 0 Å². The van der Waals surface area contributed by atoms with Crippen LogP contribution in [0.5, 0.6) is 0 Å². The first kappa shape index (κ1) is 16.2. The minimum atomic E-state index is 0.363. The molecule has 0 aromatic heterocycles. The van der Waals surface area contributed by atoms with Gasteiger partial charge in [-0.2, -0.15) is 0 Å². The standard InChI is InChI=1S/C18H31N/c1-12-9-13(2)17(14(3)10-12)16(19-8)11-15(4)18(5,6)7/h9-10,15-16,19H,11H2,1-8H3. The highest BCUT2D eigenvalue weighted by molar-refractivity contribution is 5.39. The van der Waals surface area contributed by atoms with Crippen molar-refractivity contribution in [3.63, 3.8) is 0 Å². The highest BCUT2D eigenvalue weighted by Crippen LogP contribution is 2.35. The predicted molar refractivity (Wildman–Crippen MR) is 85.7 cm³/mol. The van der Waals surface area contributed by atoms with Gasteiger partial charge in [-0.3, -0.25) is 0 Å². The van der Waals surface area contributed by atoms with Crippen LogP contribution in [0.3, 0.4) is 0 Å². The van der Waals surface area contributed by atoms with E-state index in [-0.39, 0.29) is 0 Å². The zero-order chi connectivity index (χ0) is 14.8. The Hall–Kier alpha value is -0.820. The first-order valence-electron chi connectivity index (χ1n) is 7.41. The minimum Gasteiger partial charge on any atom is -0.313 e. The summed E-state index contributed by atoms with van der Waals surface area (Å²) in [5.41, 5.74) is 6.04. The SMILES string of the molecule is CNC(CC(C)C(C)(C)C)c1c(C)cc(C)cc1C. The quantitative estimate of drug-likeness (QED) is 0.809. The van der Waals surface area contributed by atoms with Crippen molar-refractivity contribution in [3.8, 4) is 0 Å². The molecule has 0 bridgehead atoms. The van der Waals surface area contributed by atoms with Gasteiger partial charge in [0.05, 0.1) is 0 Å². The predicted octanol–water partition coefficient (Wildman–Crippen LogP) is 4.94. The molecule has 108 valence electrons. The van der Waals surface area contributed by atoms with Crippen molar-refractivity contribution in [2.24, 2.45) is 11.3 Å². The van der Waals surface area contributed by atoms with E-state index in [1.165, 1.54) is 28.7 Å². The van der Waals surface area contributed by atoms with Gasteiger partial charge in [-0.25, -0.2) is 0 Å². The van der Waals surface area contributed by atoms with Crippen molar-refractivity contribution in [3.05, 3.63) is 34.4 Å². The van der Waals surface area contributed by atoms with E-state index in [1.807, 2.05) is 0 Å². The Kier molecular flexibility index (Phi) is 5.20. The number of benzene rings is 1. The summed E-state index contributed by atoms with van der Waals surface area (Å²) in [6.45, 7) is 16.0. The molecule has 1 heteroatoms. The van der Waals surface area contributed by atoms with Crippen molar-refractivity contribution in [1.29, 1.82) is 0 Å². The van der Waals surface area contributed by atoms with Crippen LogP contribution >= 0.6 is 0 Å². The molecule has 1 N–H and O–H groups in total. The third kappa shape index (κ3) is 4.07. The molecule has 0 radical (unpaired) electrons. The highest BCUT2D eigenvalue weighted by Gasteiger charge is 2.25. The van der Waals surface area contributed by atoms with E-state index in [0.717, 1.165) is 0 Å². The normalized spacial score (nSPS) is 15.4. The Morgan fingerprint density at radius 1 is 1.05 bits per heavy atom. The number of aryl methyl sites for hydroxylation is 3. The van der Waals surface area contributed by atoms with E-state index in [1.54, 1.807) is 0 Å². The molecule has 1 aromatic rings. The lowest BCUT2D eigenvalue weighted by atomic mass is 9.76. The highest BCUT2D eigenvalue weighted by atomic mass is 14.9. The fraction of sp³-hybridized carbons (Fsp3) is 0.667. The monoisotopic (exact) mass is 261 g/mol. The summed E-state index contributed by atoms with van der Waals surface area (Å²) >= 11 is 0. The summed E-state index contributed by atoms with van der Waals surface area (Å²) in [4.78, 5) is 0. The summed E-state index contributed by atoms with van der Waals surface area (Å²) in [5, 5.41) is 3.52. The molecule has 2 unspecified atom stereocenters. The molecule has 0 saturated heterocycles. The van der Waals surface area contributed by atoms with Crippen molar-refractivity contribution in [1.82, 2.24) is 5.32 Å². The Morgan fingerprint density at radius 3 is 1.89 bits per heavy atom. The molecule has 19 heavy (non-hydrogen) atoms. The first-order valence-corrected chi connectivity index (χ1v) is 7.41. The van der Waals surface area contributed by atoms with Crippen LogP contribution in [-0.2, 0) is 0 Å². The molecule has 0 spiro atoms. The Balaban J connectivity index is 3.05. The molecule has 0 aliphatic carbocycles. The molecule has 1 rings (SSSR count). The Labute approximate surface area is 119 Å². The van der Waals surface area contributed by atoms with Crippen LogP contribution in [0.2, 0.25) is 0 Å². The van der Waals surface area contributed by atoms with Gasteiger partial charge in [0, 0.05) is 6.04 Å². The summed E-state index contributed by atoms with van der Waals surface area (Å²) < 4.78 is 0. The van der Waals surface area contributed by atoms with Crippen LogP contribution in [0, 0.1) is 32.1 Å². The number of nitrogens with one attached hydrogen (secondary N) is 1. The molecule has 1 aromatic carbocycles. The summed E-state index contributed by atoms with van der Waals surface area (Å²) in [6, 6.07) is 5.05. The maximum atomic E-state index is 3.52. The lowest BCUT2D eigenvalue weighted by Crippen LogP contribution is -2.26. The van der Waals surface area contributed by atoms with Gasteiger partial charge >= 0.3 is 0 Å². The second-order valence-electron chi connectivity index (χ2n) is 7.16. The van der Waals surface area contributed by atoms with Crippen molar-refractivity contribution in [2.75, 3.05) is 7.05 Å². The lowest BCUT2D eigenvalue weighted by Gasteiger charge is -2.32. The van der Waals surface area contributed by atoms with Gasteiger partial charge in [0.2, 0.25) is 0 Å². The molecule has 0 heterocycles. The van der Waals surface area contributed by atoms with Crippen molar-refractivity contribution < 1.29 is 0 Å². The summed E-state index contributed by atoms with van der Waals surface area (Å²) in [6.07, 6.45) is 1.19. The molecule has 0 aliphatic rings. The Morgan fingerprint density at radius 2 is 1.53 bits per heavy atom. The fourth-order valence-corrected chi connectivity index (χ4v) is 2.83. The molecular formula is C18H31N. The lowest BCUT2D eigenvalue weighted by molar-refractivity contribution is 0.225. The summed E-state index contributed by atoms with van der Waals surface area (Å²) in [7, 11) is 2.08. The van der Waals surface area contributed by atoms with Gasteiger partial charge in [-0.1, -0.05) is 45.4 Å². The largest absolute Gasteiger partial charge is 0.313 e. The fourth-order valence-electron chi connectivity index (χ4n) is 2.83. The van der Waals surface area contributed by atoms with E-state index in [4.69, 9.17) is 0 Å². The van der Waals surface area contributed by atoms with E-state index < -0.39 is 0 Å². The third-order valence-corrected chi connectivity index (χ3v) is 4.50. The van der Waals surface area contributed by atoms with Crippen LogP contribution in [-0.4, -0.2) is 7.05 Å². The molecule has 0 fully saturated rings. The number of hydrogen-bond acceptors (Lipinski definition) is 1. The average Bonchev–Trinajstić information content (AvgIpc) is 2.24. The smallest absolute Gasteiger partial charge is 0.0325 e. The van der Waals surface area contributed by atoms with Crippen LogP contribution in [0.25, 0.3) is 0 Å². The second kappa shape index (κ2) is 6.09. The van der Waals surface area contributed by atoms with Crippen LogP contribution < -0.4 is 5.32 Å². The maximum absolute atomic E-state index is 3.52. The first-order chi connectivity index (χ1) is 8.66.